The molecule has 4 rings (SSSR count). The van der Waals surface area contributed by atoms with Crippen molar-refractivity contribution in [1.82, 2.24) is 4.90 Å². The number of fused-ring (bicyclic) bond motifs is 3. The lowest BCUT2D eigenvalue weighted by molar-refractivity contribution is 0.259. The van der Waals surface area contributed by atoms with E-state index in [4.69, 9.17) is 23.2 Å². The van der Waals surface area contributed by atoms with Crippen molar-refractivity contribution in [2.24, 2.45) is 5.92 Å². The largest absolute Gasteiger partial charge is 0.302 e. The van der Waals surface area contributed by atoms with Gasteiger partial charge in [0.1, 0.15) is 0 Å². The van der Waals surface area contributed by atoms with Gasteiger partial charge in [-0.3, -0.25) is 0 Å². The Balaban J connectivity index is 0.00000169. The molecule has 0 amide bonds. The fourth-order valence-corrected chi connectivity index (χ4v) is 4.99. The smallest absolute Gasteiger partial charge is 0.0408 e. The van der Waals surface area contributed by atoms with Crippen LogP contribution in [0.4, 0.5) is 0 Å². The predicted octanol–water partition coefficient (Wildman–Crippen LogP) is 5.62. The third-order valence-electron chi connectivity index (χ3n) is 5.65. The van der Waals surface area contributed by atoms with Crippen molar-refractivity contribution in [3.05, 3.63) is 69.2 Å². The number of rotatable bonds is 2. The molecule has 3 atom stereocenters. The Hall–Kier alpha value is -0.730. The molecule has 1 aliphatic heterocycles. The summed E-state index contributed by atoms with van der Waals surface area (Å²) >= 11 is 12.3. The molecule has 4 heteroatoms. The third-order valence-corrected chi connectivity index (χ3v) is 6.12. The molecule has 0 bridgehead atoms. The van der Waals surface area contributed by atoms with Gasteiger partial charge >= 0.3 is 0 Å². The number of hydrogen-bond acceptors (Lipinski definition) is 1. The van der Waals surface area contributed by atoms with Gasteiger partial charge < -0.3 is 4.90 Å². The monoisotopic (exact) mass is 381 g/mol. The van der Waals surface area contributed by atoms with Gasteiger partial charge in [0.25, 0.3) is 0 Å². The molecule has 2 aromatic rings. The maximum absolute atomic E-state index is 6.18. The SMILES string of the molecule is CN1C[C@@H]2c3ccc(Cl)cc3CCC2[C@H]1Cc1cccc(Cl)c1.Cl. The van der Waals surface area contributed by atoms with Gasteiger partial charge in [0.05, 0.1) is 0 Å². The molecular formula is C20H22Cl3N. The van der Waals surface area contributed by atoms with Crippen molar-refractivity contribution < 1.29 is 0 Å². The minimum absolute atomic E-state index is 0. The second-order valence-electron chi connectivity index (χ2n) is 6.99. The van der Waals surface area contributed by atoms with Crippen molar-refractivity contribution in [3.63, 3.8) is 0 Å². The quantitative estimate of drug-likeness (QED) is 0.651. The van der Waals surface area contributed by atoms with Crippen LogP contribution in [-0.2, 0) is 12.8 Å². The fraction of sp³-hybridized carbons (Fsp3) is 0.400. The van der Waals surface area contributed by atoms with E-state index in [0.29, 0.717) is 12.0 Å². The topological polar surface area (TPSA) is 3.24 Å². The average Bonchev–Trinajstić information content (AvgIpc) is 2.83. The van der Waals surface area contributed by atoms with Gasteiger partial charge in [-0.1, -0.05) is 41.4 Å². The molecule has 24 heavy (non-hydrogen) atoms. The van der Waals surface area contributed by atoms with E-state index in [9.17, 15) is 0 Å². The van der Waals surface area contributed by atoms with Crippen LogP contribution in [0.15, 0.2) is 42.5 Å². The van der Waals surface area contributed by atoms with Crippen LogP contribution < -0.4 is 0 Å². The van der Waals surface area contributed by atoms with Crippen molar-refractivity contribution in [2.75, 3.05) is 13.6 Å². The second-order valence-corrected chi connectivity index (χ2v) is 7.87. The number of likely N-dealkylation sites (tertiary alicyclic amines) is 1. The van der Waals surface area contributed by atoms with Gasteiger partial charge in [0, 0.05) is 28.5 Å². The molecule has 0 aromatic heterocycles. The molecule has 0 radical (unpaired) electrons. The number of aryl methyl sites for hydroxylation is 1. The standard InChI is InChI=1S/C20H21Cl2N.ClH/c1-23-12-19-17-8-6-16(22)11-14(17)5-7-18(19)20(23)10-13-3-2-4-15(21)9-13;/h2-4,6,8-9,11,18-20H,5,7,10,12H2,1H3;1H/t18?,19-,20-;/m1./s1. The van der Waals surface area contributed by atoms with Crippen LogP contribution in [0.25, 0.3) is 0 Å². The maximum Gasteiger partial charge on any atom is 0.0408 e. The zero-order chi connectivity index (χ0) is 16.0. The third kappa shape index (κ3) is 3.32. The molecule has 1 heterocycles. The van der Waals surface area contributed by atoms with Crippen LogP contribution in [0.3, 0.4) is 0 Å². The molecule has 128 valence electrons. The summed E-state index contributed by atoms with van der Waals surface area (Å²) < 4.78 is 0. The van der Waals surface area contributed by atoms with E-state index in [1.54, 1.807) is 0 Å². The molecule has 2 aliphatic rings. The Morgan fingerprint density at radius 2 is 1.88 bits per heavy atom. The molecule has 0 N–H and O–H groups in total. The summed E-state index contributed by atoms with van der Waals surface area (Å²) in [6.07, 6.45) is 3.49. The highest BCUT2D eigenvalue weighted by molar-refractivity contribution is 6.30. The van der Waals surface area contributed by atoms with Gasteiger partial charge in [0.15, 0.2) is 0 Å². The van der Waals surface area contributed by atoms with E-state index >= 15 is 0 Å². The van der Waals surface area contributed by atoms with E-state index in [0.717, 1.165) is 35.3 Å². The Labute approximate surface area is 160 Å². The summed E-state index contributed by atoms with van der Waals surface area (Å²) in [6.45, 7) is 1.14. The van der Waals surface area contributed by atoms with Crippen LogP contribution in [-0.4, -0.2) is 24.5 Å². The predicted molar refractivity (Wildman–Crippen MR) is 105 cm³/mol. The van der Waals surface area contributed by atoms with Gasteiger partial charge in [-0.2, -0.15) is 0 Å². The average molecular weight is 383 g/mol. The lowest BCUT2D eigenvalue weighted by atomic mass is 9.73. The number of nitrogens with zero attached hydrogens (tertiary/aromatic N) is 1. The van der Waals surface area contributed by atoms with Gasteiger partial charge in [0.2, 0.25) is 0 Å². The Kier molecular flexibility index (Phi) is 5.46. The van der Waals surface area contributed by atoms with Crippen molar-refractivity contribution in [3.8, 4) is 0 Å². The zero-order valence-electron chi connectivity index (χ0n) is 13.7. The Bertz CT molecular complexity index is 731. The van der Waals surface area contributed by atoms with E-state index in [2.05, 4.69) is 42.3 Å². The highest BCUT2D eigenvalue weighted by atomic mass is 35.5. The van der Waals surface area contributed by atoms with E-state index in [1.165, 1.54) is 23.1 Å². The van der Waals surface area contributed by atoms with Gasteiger partial charge in [-0.25, -0.2) is 0 Å². The second kappa shape index (κ2) is 7.25. The van der Waals surface area contributed by atoms with E-state index < -0.39 is 0 Å². The summed E-state index contributed by atoms with van der Waals surface area (Å²) in [7, 11) is 2.27. The molecule has 1 fully saturated rings. The fourth-order valence-electron chi connectivity index (χ4n) is 4.59. The molecular weight excluding hydrogens is 361 g/mol. The first-order chi connectivity index (χ1) is 11.1. The minimum atomic E-state index is 0. The summed E-state index contributed by atoms with van der Waals surface area (Å²) in [6, 6.07) is 15.4. The number of hydrogen-bond donors (Lipinski definition) is 0. The van der Waals surface area contributed by atoms with Crippen LogP contribution in [0.5, 0.6) is 0 Å². The summed E-state index contributed by atoms with van der Waals surface area (Å²) in [5, 5.41) is 1.70. The van der Waals surface area contributed by atoms with Gasteiger partial charge in [-0.05, 0) is 73.2 Å². The molecule has 0 saturated carbocycles. The zero-order valence-corrected chi connectivity index (χ0v) is 16.0. The maximum atomic E-state index is 6.18. The van der Waals surface area contributed by atoms with Crippen molar-refractivity contribution >= 4 is 35.6 Å². The Morgan fingerprint density at radius 1 is 1.08 bits per heavy atom. The molecule has 0 spiro atoms. The minimum Gasteiger partial charge on any atom is -0.302 e. The van der Waals surface area contributed by atoms with E-state index in [-0.39, 0.29) is 12.4 Å². The summed E-state index contributed by atoms with van der Waals surface area (Å²) in [4.78, 5) is 2.54. The van der Waals surface area contributed by atoms with Crippen molar-refractivity contribution in [1.29, 1.82) is 0 Å². The first-order valence-corrected chi connectivity index (χ1v) is 9.10. The lowest BCUT2D eigenvalue weighted by Crippen LogP contribution is -2.32. The lowest BCUT2D eigenvalue weighted by Gasteiger charge is -2.31. The first kappa shape index (κ1) is 18.1. The summed E-state index contributed by atoms with van der Waals surface area (Å²) in [5.41, 5.74) is 4.32. The number of benzene rings is 2. The van der Waals surface area contributed by atoms with E-state index in [1.807, 2.05) is 12.1 Å². The normalized spacial score (nSPS) is 25.7. The highest BCUT2D eigenvalue weighted by Gasteiger charge is 2.42. The van der Waals surface area contributed by atoms with Crippen LogP contribution in [0, 0.1) is 5.92 Å². The number of likely N-dealkylation sites (N-methyl/N-ethyl adjacent to an activating group) is 1. The van der Waals surface area contributed by atoms with Gasteiger partial charge in [-0.15, -0.1) is 12.4 Å². The Morgan fingerprint density at radius 3 is 2.67 bits per heavy atom. The van der Waals surface area contributed by atoms with Crippen LogP contribution >= 0.6 is 35.6 Å². The molecule has 1 aliphatic carbocycles. The van der Waals surface area contributed by atoms with Crippen LogP contribution in [0.2, 0.25) is 10.0 Å². The van der Waals surface area contributed by atoms with Crippen LogP contribution in [0.1, 0.15) is 29.0 Å². The molecule has 1 nitrogen and oxygen atoms in total. The number of halogens is 3. The summed E-state index contributed by atoms with van der Waals surface area (Å²) in [5.74, 6) is 1.37. The first-order valence-electron chi connectivity index (χ1n) is 8.35. The highest BCUT2D eigenvalue weighted by Crippen LogP contribution is 2.45. The molecule has 1 saturated heterocycles. The molecule has 2 aromatic carbocycles. The van der Waals surface area contributed by atoms with Crippen molar-refractivity contribution in [2.45, 2.75) is 31.2 Å². The molecule has 1 unspecified atom stereocenters.